The van der Waals surface area contributed by atoms with Crippen LogP contribution in [-0.4, -0.2) is 11.7 Å². The van der Waals surface area contributed by atoms with Crippen LogP contribution in [0.15, 0.2) is 85.5 Å². The lowest BCUT2D eigenvalue weighted by Crippen LogP contribution is -2.03. The van der Waals surface area contributed by atoms with Crippen LogP contribution in [0.3, 0.4) is 0 Å². The molecule has 0 fully saturated rings. The van der Waals surface area contributed by atoms with Gasteiger partial charge in [0.1, 0.15) is 12.4 Å². The lowest BCUT2D eigenvalue weighted by atomic mass is 9.98. The van der Waals surface area contributed by atoms with E-state index in [0.717, 1.165) is 0 Å². The molecule has 4 rings (SSSR count). The average Bonchev–Trinajstić information content (AvgIpc) is 2.91. The predicted molar refractivity (Wildman–Crippen MR) is 135 cm³/mol. The monoisotopic (exact) mass is 508 g/mol. The molecule has 0 unspecified atom stereocenters. The number of benzene rings is 4. The van der Waals surface area contributed by atoms with Gasteiger partial charge in [0.25, 0.3) is 0 Å². The second-order valence-electron chi connectivity index (χ2n) is 8.29. The van der Waals surface area contributed by atoms with Gasteiger partial charge in [0.2, 0.25) is 11.6 Å². The summed E-state index contributed by atoms with van der Waals surface area (Å²) < 4.78 is 69.0. The van der Waals surface area contributed by atoms with Gasteiger partial charge in [0.05, 0.1) is 6.61 Å². The molecule has 4 aromatic carbocycles. The van der Waals surface area contributed by atoms with Crippen molar-refractivity contribution in [2.45, 2.75) is 19.4 Å². The van der Waals surface area contributed by atoms with Crippen molar-refractivity contribution in [2.75, 3.05) is 6.61 Å². The van der Waals surface area contributed by atoms with Gasteiger partial charge >= 0.3 is 0 Å². The number of allylic oxidation sites excluding steroid dienone is 1. The van der Waals surface area contributed by atoms with E-state index in [4.69, 9.17) is 9.47 Å². The number of phenolic OH excluding ortho intramolecular Hbond substituents is 1. The maximum absolute atomic E-state index is 14.9. The first kappa shape index (κ1) is 25.8. The van der Waals surface area contributed by atoms with Gasteiger partial charge in [-0.1, -0.05) is 54.6 Å². The Morgan fingerprint density at radius 1 is 0.649 bits per heavy atom. The highest BCUT2D eigenvalue weighted by Crippen LogP contribution is 2.33. The molecular formula is C30H24F4O3. The number of ether oxygens (including phenoxy) is 2. The van der Waals surface area contributed by atoms with E-state index >= 15 is 0 Å². The van der Waals surface area contributed by atoms with Crippen molar-refractivity contribution in [3.8, 4) is 39.5 Å². The van der Waals surface area contributed by atoms with E-state index in [0.29, 0.717) is 29.5 Å². The summed E-state index contributed by atoms with van der Waals surface area (Å²) in [5.74, 6) is -4.70. The van der Waals surface area contributed by atoms with Crippen molar-refractivity contribution in [1.29, 1.82) is 0 Å². The molecular weight excluding hydrogens is 484 g/mol. The van der Waals surface area contributed by atoms with Gasteiger partial charge in [-0.25, -0.2) is 8.78 Å². The molecule has 0 amide bonds. The predicted octanol–water partition coefficient (Wildman–Crippen LogP) is 8.21. The Bertz CT molecular complexity index is 1380. The van der Waals surface area contributed by atoms with Crippen LogP contribution in [0, 0.1) is 23.3 Å². The molecule has 0 spiro atoms. The first-order chi connectivity index (χ1) is 17.9. The zero-order valence-electron chi connectivity index (χ0n) is 19.8. The fraction of sp³-hybridized carbons (Fsp3) is 0.133. The number of phenols is 1. The molecule has 0 heterocycles. The largest absolute Gasteiger partial charge is 0.508 e. The fourth-order valence-corrected chi connectivity index (χ4v) is 3.72. The van der Waals surface area contributed by atoms with E-state index in [9.17, 15) is 22.7 Å². The van der Waals surface area contributed by atoms with Gasteiger partial charge in [0.15, 0.2) is 23.1 Å². The van der Waals surface area contributed by atoms with Crippen molar-refractivity contribution in [3.63, 3.8) is 0 Å². The molecule has 7 heteroatoms. The number of hydrogen-bond donors (Lipinski definition) is 1. The summed E-state index contributed by atoms with van der Waals surface area (Å²) in [6.07, 6.45) is 3.06. The molecule has 0 aliphatic rings. The Morgan fingerprint density at radius 2 is 1.16 bits per heavy atom. The summed E-state index contributed by atoms with van der Waals surface area (Å²) in [7, 11) is 0. The van der Waals surface area contributed by atoms with Gasteiger partial charge < -0.3 is 14.6 Å². The molecule has 0 saturated carbocycles. The van der Waals surface area contributed by atoms with Crippen molar-refractivity contribution in [1.82, 2.24) is 0 Å². The number of rotatable bonds is 10. The molecule has 190 valence electrons. The van der Waals surface area contributed by atoms with Crippen molar-refractivity contribution in [3.05, 3.63) is 114 Å². The van der Waals surface area contributed by atoms with Gasteiger partial charge in [0, 0.05) is 11.1 Å². The smallest absolute Gasteiger partial charge is 0.204 e. The minimum absolute atomic E-state index is 0.0270. The zero-order valence-corrected chi connectivity index (χ0v) is 19.8. The molecule has 3 nitrogen and oxygen atoms in total. The van der Waals surface area contributed by atoms with E-state index < -0.39 is 23.3 Å². The summed E-state index contributed by atoms with van der Waals surface area (Å²) in [6, 6.07) is 17.8. The molecule has 0 aliphatic carbocycles. The first-order valence-corrected chi connectivity index (χ1v) is 11.6. The summed E-state index contributed by atoms with van der Waals surface area (Å²) >= 11 is 0. The van der Waals surface area contributed by atoms with Crippen LogP contribution in [0.4, 0.5) is 17.6 Å². The van der Waals surface area contributed by atoms with Crippen LogP contribution >= 0.6 is 0 Å². The Balaban J connectivity index is 1.44. The van der Waals surface area contributed by atoms with Crippen LogP contribution in [0.25, 0.3) is 22.3 Å². The maximum Gasteiger partial charge on any atom is 0.204 e. The van der Waals surface area contributed by atoms with Gasteiger partial charge in [-0.2, -0.15) is 8.78 Å². The Hall–Kier alpha value is -4.26. The maximum atomic E-state index is 14.9. The van der Waals surface area contributed by atoms with Crippen LogP contribution in [0.1, 0.15) is 18.4 Å². The average molecular weight is 509 g/mol. The topological polar surface area (TPSA) is 38.7 Å². The highest BCUT2D eigenvalue weighted by molar-refractivity contribution is 5.72. The minimum Gasteiger partial charge on any atom is -0.508 e. The Labute approximate surface area is 212 Å². The SMILES string of the molecule is C=CCCCOc1ccc(OCc2ccc(-c3ccc(-c4ccc(O)cc4)c(F)c3F)cc2)c(F)c1F. The molecule has 0 atom stereocenters. The molecule has 37 heavy (non-hydrogen) atoms. The first-order valence-electron chi connectivity index (χ1n) is 11.6. The molecule has 0 aromatic heterocycles. The third-order valence-electron chi connectivity index (χ3n) is 5.74. The third-order valence-corrected chi connectivity index (χ3v) is 5.74. The van der Waals surface area contributed by atoms with E-state index in [1.54, 1.807) is 30.3 Å². The lowest BCUT2D eigenvalue weighted by molar-refractivity contribution is 0.268. The molecule has 0 aliphatic heterocycles. The zero-order chi connectivity index (χ0) is 26.4. The molecule has 0 bridgehead atoms. The van der Waals surface area contributed by atoms with Crippen LogP contribution < -0.4 is 9.47 Å². The van der Waals surface area contributed by atoms with E-state index in [1.807, 2.05) is 0 Å². The summed E-state index contributed by atoms with van der Waals surface area (Å²) in [5, 5.41) is 9.41. The third kappa shape index (κ3) is 5.94. The fourth-order valence-electron chi connectivity index (χ4n) is 3.72. The van der Waals surface area contributed by atoms with E-state index in [2.05, 4.69) is 6.58 Å². The van der Waals surface area contributed by atoms with E-state index in [1.165, 1.54) is 48.5 Å². The normalized spacial score (nSPS) is 10.8. The lowest BCUT2D eigenvalue weighted by Gasteiger charge is -2.12. The van der Waals surface area contributed by atoms with Crippen LogP contribution in [-0.2, 0) is 6.61 Å². The summed E-state index contributed by atoms with van der Waals surface area (Å²) in [6.45, 7) is 3.77. The Kier molecular flexibility index (Phi) is 8.13. The van der Waals surface area contributed by atoms with Crippen molar-refractivity contribution >= 4 is 0 Å². The van der Waals surface area contributed by atoms with Gasteiger partial charge in [-0.3, -0.25) is 0 Å². The van der Waals surface area contributed by atoms with Crippen LogP contribution in [0.5, 0.6) is 17.2 Å². The number of aromatic hydroxyl groups is 1. The van der Waals surface area contributed by atoms with Crippen LogP contribution in [0.2, 0.25) is 0 Å². The van der Waals surface area contributed by atoms with Gasteiger partial charge in [-0.05, 0) is 53.8 Å². The standard InChI is InChI=1S/C30H24F4O3/c1-2-3-4-17-36-25-15-16-26(30(34)29(25)33)37-18-19-5-7-20(8-6-19)23-13-14-24(28(32)27(23)31)21-9-11-22(35)12-10-21/h2,5-16,35H,1,3-4,17-18H2. The number of unbranched alkanes of at least 4 members (excludes halogenated alkanes) is 1. The highest BCUT2D eigenvalue weighted by Gasteiger charge is 2.17. The number of hydrogen-bond acceptors (Lipinski definition) is 3. The van der Waals surface area contributed by atoms with Gasteiger partial charge in [-0.15, -0.1) is 6.58 Å². The Morgan fingerprint density at radius 3 is 1.70 bits per heavy atom. The van der Waals surface area contributed by atoms with Crippen molar-refractivity contribution < 1.29 is 32.1 Å². The molecule has 1 N–H and O–H groups in total. The minimum atomic E-state index is -1.15. The number of halogens is 4. The van der Waals surface area contributed by atoms with Crippen molar-refractivity contribution in [2.24, 2.45) is 0 Å². The van der Waals surface area contributed by atoms with E-state index in [-0.39, 0.29) is 41.6 Å². The second kappa shape index (κ2) is 11.6. The summed E-state index contributed by atoms with van der Waals surface area (Å²) in [4.78, 5) is 0. The molecule has 4 aromatic rings. The molecule has 0 saturated heterocycles. The quantitative estimate of drug-likeness (QED) is 0.133. The molecule has 0 radical (unpaired) electrons. The summed E-state index contributed by atoms with van der Waals surface area (Å²) in [5.41, 5.74) is 1.64. The highest BCUT2D eigenvalue weighted by atomic mass is 19.2. The second-order valence-corrected chi connectivity index (χ2v) is 8.29.